The minimum atomic E-state index is -3.77. The Kier molecular flexibility index (Phi) is 4.38. The Morgan fingerprint density at radius 1 is 1.35 bits per heavy atom. The van der Waals surface area contributed by atoms with Crippen LogP contribution < -0.4 is 4.72 Å². The normalized spacial score (nSPS) is 17.1. The molecule has 0 atom stereocenters. The maximum Gasteiger partial charge on any atom is 0.273 e. The number of carbonyl (C=O) groups excluding carboxylic acids is 1. The monoisotopic (exact) mass is 454 g/mol. The van der Waals surface area contributed by atoms with Crippen LogP contribution in [0.25, 0.3) is 0 Å². The first kappa shape index (κ1) is 17.3. The van der Waals surface area contributed by atoms with Crippen molar-refractivity contribution in [3.63, 3.8) is 0 Å². The van der Waals surface area contributed by atoms with E-state index in [9.17, 15) is 13.2 Å². The molecule has 0 spiro atoms. The summed E-state index contributed by atoms with van der Waals surface area (Å²) < 4.78 is 28.2. The third-order valence-corrected chi connectivity index (χ3v) is 8.82. The van der Waals surface area contributed by atoms with Crippen LogP contribution in [-0.2, 0) is 16.4 Å². The van der Waals surface area contributed by atoms with Crippen LogP contribution in [-0.4, -0.2) is 19.2 Å². The third kappa shape index (κ3) is 3.48. The van der Waals surface area contributed by atoms with E-state index < -0.39 is 10.0 Å². The van der Waals surface area contributed by atoms with Gasteiger partial charge in [-0.1, -0.05) is 36.8 Å². The molecule has 0 amide bonds. The molecule has 2 aromatic rings. The number of aromatic nitrogens is 1. The molecule has 10 heteroatoms. The number of hydrogen-bond acceptors (Lipinski definition) is 6. The second-order valence-corrected chi connectivity index (χ2v) is 11.4. The fourth-order valence-corrected chi connectivity index (χ4v) is 6.84. The Labute approximate surface area is 155 Å². The summed E-state index contributed by atoms with van der Waals surface area (Å²) in [6, 6.07) is 1.44. The molecular weight excluding hydrogens is 444 g/mol. The van der Waals surface area contributed by atoms with E-state index in [0.717, 1.165) is 22.7 Å². The maximum absolute atomic E-state index is 12.4. The molecule has 0 bridgehead atoms. The van der Waals surface area contributed by atoms with Gasteiger partial charge >= 0.3 is 0 Å². The molecule has 0 fully saturated rings. The lowest BCUT2D eigenvalue weighted by molar-refractivity contribution is 0.0916. The van der Waals surface area contributed by atoms with Gasteiger partial charge in [0.25, 0.3) is 10.0 Å². The van der Waals surface area contributed by atoms with E-state index in [0.29, 0.717) is 32.2 Å². The molecule has 1 aliphatic rings. The van der Waals surface area contributed by atoms with Crippen LogP contribution >= 0.6 is 50.2 Å². The minimum absolute atomic E-state index is 0.0149. The Morgan fingerprint density at radius 3 is 2.65 bits per heavy atom. The second-order valence-electron chi connectivity index (χ2n) is 6.03. The molecule has 0 saturated carbocycles. The number of thiophene rings is 1. The van der Waals surface area contributed by atoms with Gasteiger partial charge in [0.15, 0.2) is 10.9 Å². The summed E-state index contributed by atoms with van der Waals surface area (Å²) in [4.78, 5) is 17.0. The van der Waals surface area contributed by atoms with Crippen molar-refractivity contribution in [3.8, 4) is 0 Å². The Balaban J connectivity index is 1.91. The number of Topliss-reactive ketones (excluding diaryl/α,β-unsaturated/α-hetero) is 1. The van der Waals surface area contributed by atoms with Gasteiger partial charge < -0.3 is 0 Å². The first-order chi connectivity index (χ1) is 10.6. The predicted octanol–water partition coefficient (Wildman–Crippen LogP) is 4.58. The zero-order chi connectivity index (χ0) is 17.0. The van der Waals surface area contributed by atoms with Crippen LogP contribution in [0.3, 0.4) is 0 Å². The van der Waals surface area contributed by atoms with Crippen molar-refractivity contribution in [2.24, 2.45) is 5.41 Å². The van der Waals surface area contributed by atoms with Crippen LogP contribution in [0.4, 0.5) is 5.13 Å². The number of ketones is 1. The topological polar surface area (TPSA) is 76.1 Å². The van der Waals surface area contributed by atoms with E-state index in [1.807, 2.05) is 13.8 Å². The fraction of sp³-hybridized carbons (Fsp3) is 0.385. The smallest absolute Gasteiger partial charge is 0.273 e. The number of nitrogens with zero attached hydrogens (tertiary/aromatic N) is 1. The number of nitrogens with one attached hydrogen (secondary N) is 1. The lowest BCUT2D eigenvalue weighted by atomic mass is 9.78. The summed E-state index contributed by atoms with van der Waals surface area (Å²) in [6.07, 6.45) is 1.10. The minimum Gasteiger partial charge on any atom is -0.293 e. The molecule has 2 aromatic heterocycles. The lowest BCUT2D eigenvalue weighted by Gasteiger charge is -2.26. The highest BCUT2D eigenvalue weighted by Crippen LogP contribution is 2.40. The lowest BCUT2D eigenvalue weighted by Crippen LogP contribution is -2.26. The number of sulfonamides is 1. The van der Waals surface area contributed by atoms with E-state index in [1.54, 1.807) is 0 Å². The Hall–Kier alpha value is -0.480. The number of thiazole rings is 1. The molecule has 0 aromatic carbocycles. The molecule has 0 saturated heterocycles. The average molecular weight is 456 g/mol. The number of anilines is 1. The van der Waals surface area contributed by atoms with Crippen molar-refractivity contribution in [1.82, 2.24) is 4.98 Å². The number of halogens is 2. The molecule has 23 heavy (non-hydrogen) atoms. The summed E-state index contributed by atoms with van der Waals surface area (Å²) in [5, 5.41) is 0.210. The summed E-state index contributed by atoms with van der Waals surface area (Å²) in [6.45, 7) is 4.00. The molecule has 3 rings (SSSR count). The molecule has 0 unspecified atom stereocenters. The van der Waals surface area contributed by atoms with Gasteiger partial charge in [0.1, 0.15) is 8.55 Å². The summed E-state index contributed by atoms with van der Waals surface area (Å²) in [5.74, 6) is 0.0149. The van der Waals surface area contributed by atoms with E-state index in [4.69, 9.17) is 11.6 Å². The van der Waals surface area contributed by atoms with Gasteiger partial charge in [0.05, 0.1) is 10.6 Å². The summed E-state index contributed by atoms with van der Waals surface area (Å²) in [5.41, 5.74) is 0.514. The molecule has 1 N–H and O–H groups in total. The fourth-order valence-electron chi connectivity index (χ4n) is 2.39. The second kappa shape index (κ2) is 5.80. The van der Waals surface area contributed by atoms with Crippen molar-refractivity contribution in [2.45, 2.75) is 30.9 Å². The van der Waals surface area contributed by atoms with E-state index >= 15 is 0 Å². The molecule has 5 nitrogen and oxygen atoms in total. The van der Waals surface area contributed by atoms with E-state index in [-0.39, 0.29) is 20.5 Å². The van der Waals surface area contributed by atoms with E-state index in [2.05, 4.69) is 25.6 Å². The van der Waals surface area contributed by atoms with Gasteiger partial charge in [0.2, 0.25) is 0 Å². The number of fused-ring (bicyclic) bond motifs is 1. The van der Waals surface area contributed by atoms with Gasteiger partial charge in [-0.2, -0.15) is 0 Å². The van der Waals surface area contributed by atoms with Crippen molar-refractivity contribution in [3.05, 3.63) is 25.4 Å². The average Bonchev–Trinajstić information content (AvgIpc) is 2.92. The van der Waals surface area contributed by atoms with Crippen LogP contribution in [0.1, 0.15) is 35.6 Å². The largest absolute Gasteiger partial charge is 0.293 e. The van der Waals surface area contributed by atoms with Crippen molar-refractivity contribution < 1.29 is 13.2 Å². The first-order valence-corrected chi connectivity index (χ1v) is 10.9. The van der Waals surface area contributed by atoms with Gasteiger partial charge in [-0.3, -0.25) is 9.52 Å². The molecule has 2 heterocycles. The maximum atomic E-state index is 12.4. The number of hydrogen-bond donors (Lipinski definition) is 1. The van der Waals surface area contributed by atoms with Crippen LogP contribution in [0.2, 0.25) is 4.34 Å². The highest BCUT2D eigenvalue weighted by atomic mass is 79.9. The zero-order valence-electron chi connectivity index (χ0n) is 12.1. The molecular formula is C13H12BrClN2O3S3. The number of carbonyl (C=O) groups is 1. The van der Waals surface area contributed by atoms with Gasteiger partial charge in [0, 0.05) is 10.9 Å². The summed E-state index contributed by atoms with van der Waals surface area (Å²) in [7, 11) is -3.77. The summed E-state index contributed by atoms with van der Waals surface area (Å²) >= 11 is 11.1. The number of rotatable bonds is 3. The van der Waals surface area contributed by atoms with Gasteiger partial charge in [-0.15, -0.1) is 11.3 Å². The SMILES string of the molecule is CC1(C)CC(=O)c2sc(NS(=O)(=O)c3cc(Br)c(Cl)s3)nc2C1. The highest BCUT2D eigenvalue weighted by Gasteiger charge is 2.34. The van der Waals surface area contributed by atoms with Crippen molar-refractivity contribution >= 4 is 71.1 Å². The molecule has 1 aliphatic carbocycles. The van der Waals surface area contributed by atoms with Gasteiger partial charge in [-0.05, 0) is 33.8 Å². The Bertz CT molecular complexity index is 882. The third-order valence-electron chi connectivity index (χ3n) is 3.34. The first-order valence-electron chi connectivity index (χ1n) is 6.58. The predicted molar refractivity (Wildman–Crippen MR) is 96.4 cm³/mol. The van der Waals surface area contributed by atoms with Crippen LogP contribution in [0, 0.1) is 5.41 Å². The quantitative estimate of drug-likeness (QED) is 0.735. The molecule has 124 valence electrons. The van der Waals surface area contributed by atoms with Gasteiger partial charge in [-0.25, -0.2) is 13.4 Å². The zero-order valence-corrected chi connectivity index (χ0v) is 16.9. The van der Waals surface area contributed by atoms with Crippen molar-refractivity contribution in [2.75, 3.05) is 4.72 Å². The van der Waals surface area contributed by atoms with Crippen molar-refractivity contribution in [1.29, 1.82) is 0 Å². The standard InChI is InChI=1S/C13H12BrClN2O3S3/c1-13(2)4-7-10(8(18)5-13)22-12(16-7)17-23(19,20)9-3-6(14)11(15)21-9/h3H,4-5H2,1-2H3,(H,16,17). The molecule has 0 radical (unpaired) electrons. The van der Waals surface area contributed by atoms with Crippen LogP contribution in [0.5, 0.6) is 0 Å². The van der Waals surface area contributed by atoms with E-state index in [1.165, 1.54) is 6.07 Å². The highest BCUT2D eigenvalue weighted by molar-refractivity contribution is 9.10. The Morgan fingerprint density at radius 2 is 2.04 bits per heavy atom. The molecule has 0 aliphatic heterocycles. The van der Waals surface area contributed by atoms with Crippen LogP contribution in [0.15, 0.2) is 14.7 Å².